The summed E-state index contributed by atoms with van der Waals surface area (Å²) < 4.78 is 5.53. The van der Waals surface area contributed by atoms with E-state index in [0.29, 0.717) is 18.1 Å². The lowest BCUT2D eigenvalue weighted by Crippen LogP contribution is -2.61. The molecule has 1 heterocycles. The van der Waals surface area contributed by atoms with E-state index in [1.807, 2.05) is 0 Å². The van der Waals surface area contributed by atoms with E-state index in [9.17, 15) is 5.11 Å². The summed E-state index contributed by atoms with van der Waals surface area (Å²) in [6, 6.07) is 7.46. The summed E-state index contributed by atoms with van der Waals surface area (Å²) in [5, 5.41) is 9.23. The van der Waals surface area contributed by atoms with Crippen LogP contribution in [0.25, 0.3) is 0 Å². The maximum absolute atomic E-state index is 9.23. The molecule has 0 spiro atoms. The number of methoxy groups -OCH3 is 1. The van der Waals surface area contributed by atoms with Gasteiger partial charge in [0.2, 0.25) is 0 Å². The fourth-order valence-corrected chi connectivity index (χ4v) is 5.74. The molecule has 1 saturated heterocycles. The molecule has 1 N–H and O–H groups in total. The minimum absolute atomic E-state index is 0.312. The molecule has 4 rings (SSSR count). The highest BCUT2D eigenvalue weighted by atomic mass is 16.5. The predicted octanol–water partition coefficient (Wildman–Crippen LogP) is 3.14. The van der Waals surface area contributed by atoms with Crippen LogP contribution < -0.4 is 4.74 Å². The number of piperidine rings is 1. The number of ether oxygens (including phenoxy) is 1. The zero-order chi connectivity index (χ0) is 15.9. The highest BCUT2D eigenvalue weighted by molar-refractivity contribution is 5.45. The van der Waals surface area contributed by atoms with Gasteiger partial charge in [-0.15, -0.1) is 0 Å². The van der Waals surface area contributed by atoms with E-state index >= 15 is 0 Å². The first-order valence-electron chi connectivity index (χ1n) is 9.31. The molecule has 2 bridgehead atoms. The van der Waals surface area contributed by atoms with Crippen molar-refractivity contribution in [1.29, 1.82) is 0 Å². The summed E-state index contributed by atoms with van der Waals surface area (Å²) in [5.41, 5.74) is 3.53. The van der Waals surface area contributed by atoms with Crippen molar-refractivity contribution in [3.63, 3.8) is 0 Å². The van der Waals surface area contributed by atoms with Gasteiger partial charge in [0.25, 0.3) is 0 Å². The van der Waals surface area contributed by atoms with Gasteiger partial charge in [0, 0.05) is 24.6 Å². The first kappa shape index (κ1) is 15.5. The van der Waals surface area contributed by atoms with E-state index in [-0.39, 0.29) is 0 Å². The summed E-state index contributed by atoms with van der Waals surface area (Å²) in [6.45, 7) is 2.56. The Morgan fingerprint density at radius 1 is 1.30 bits per heavy atom. The van der Waals surface area contributed by atoms with Crippen molar-refractivity contribution >= 4 is 0 Å². The number of fused-ring (bicyclic) bond motifs is 1. The molecule has 126 valence electrons. The number of hydrogen-bond donors (Lipinski definition) is 1. The smallest absolute Gasteiger partial charge is 0.119 e. The molecule has 1 aromatic carbocycles. The van der Waals surface area contributed by atoms with Gasteiger partial charge in [0.15, 0.2) is 0 Å². The number of rotatable bonds is 4. The molecule has 1 aliphatic heterocycles. The van der Waals surface area contributed by atoms with Crippen molar-refractivity contribution in [3.05, 3.63) is 29.3 Å². The second kappa shape index (κ2) is 6.10. The second-order valence-corrected chi connectivity index (χ2v) is 7.67. The molecule has 3 heteroatoms. The Bertz CT molecular complexity index is 573. The molecular weight excluding hydrogens is 286 g/mol. The molecule has 1 saturated carbocycles. The molecule has 0 aromatic heterocycles. The van der Waals surface area contributed by atoms with Crippen LogP contribution in [0.3, 0.4) is 0 Å². The maximum Gasteiger partial charge on any atom is 0.119 e. The standard InChI is InChI=1S/C20H29NO2/c1-23-16-7-6-15-13-19-17-5-2-3-8-20(17,18(15)14-16)9-11-21(19)10-4-12-22/h6-7,14,17,19,22H,2-5,8-13H2,1H3. The zero-order valence-electron chi connectivity index (χ0n) is 14.3. The van der Waals surface area contributed by atoms with Crippen LogP contribution in [0.5, 0.6) is 5.75 Å². The van der Waals surface area contributed by atoms with Gasteiger partial charge in [-0.2, -0.15) is 0 Å². The second-order valence-electron chi connectivity index (χ2n) is 7.67. The van der Waals surface area contributed by atoms with Crippen molar-refractivity contribution in [2.45, 2.75) is 56.4 Å². The Kier molecular flexibility index (Phi) is 4.10. The van der Waals surface area contributed by atoms with Crippen molar-refractivity contribution in [2.75, 3.05) is 26.8 Å². The minimum atomic E-state index is 0.312. The van der Waals surface area contributed by atoms with Crippen LogP contribution >= 0.6 is 0 Å². The fourth-order valence-electron chi connectivity index (χ4n) is 5.74. The first-order chi connectivity index (χ1) is 11.3. The van der Waals surface area contributed by atoms with Crippen LogP contribution in [0, 0.1) is 5.92 Å². The van der Waals surface area contributed by atoms with Gasteiger partial charge in [-0.3, -0.25) is 4.90 Å². The van der Waals surface area contributed by atoms with Gasteiger partial charge in [0.05, 0.1) is 7.11 Å². The molecule has 3 unspecified atom stereocenters. The number of aliphatic hydroxyl groups is 1. The van der Waals surface area contributed by atoms with Gasteiger partial charge in [-0.1, -0.05) is 18.9 Å². The van der Waals surface area contributed by atoms with Crippen LogP contribution in [-0.4, -0.2) is 42.9 Å². The molecule has 2 aliphatic carbocycles. The van der Waals surface area contributed by atoms with E-state index in [4.69, 9.17) is 4.74 Å². The van der Waals surface area contributed by atoms with Gasteiger partial charge < -0.3 is 9.84 Å². The molecule has 1 aromatic rings. The van der Waals surface area contributed by atoms with E-state index in [1.54, 1.807) is 18.2 Å². The normalized spacial score (nSPS) is 33.0. The molecule has 23 heavy (non-hydrogen) atoms. The highest BCUT2D eigenvalue weighted by Gasteiger charge is 2.53. The van der Waals surface area contributed by atoms with Crippen LogP contribution in [0.1, 0.15) is 49.7 Å². The lowest BCUT2D eigenvalue weighted by molar-refractivity contribution is -0.0134. The van der Waals surface area contributed by atoms with Crippen molar-refractivity contribution in [2.24, 2.45) is 5.92 Å². The van der Waals surface area contributed by atoms with Crippen molar-refractivity contribution in [1.82, 2.24) is 4.90 Å². The topological polar surface area (TPSA) is 32.7 Å². The van der Waals surface area contributed by atoms with Gasteiger partial charge in [0.1, 0.15) is 5.75 Å². The molecular formula is C20H29NO2. The summed E-state index contributed by atoms with van der Waals surface area (Å²) in [5.74, 6) is 1.81. The Labute approximate surface area is 139 Å². The Hall–Kier alpha value is -1.06. The summed E-state index contributed by atoms with van der Waals surface area (Å²) in [7, 11) is 1.78. The van der Waals surface area contributed by atoms with E-state index in [1.165, 1.54) is 45.1 Å². The monoisotopic (exact) mass is 315 g/mol. The summed E-state index contributed by atoms with van der Waals surface area (Å²) in [6.07, 6.45) is 8.84. The molecule has 0 radical (unpaired) electrons. The zero-order valence-corrected chi connectivity index (χ0v) is 14.3. The number of likely N-dealkylation sites (tertiary alicyclic amines) is 1. The lowest BCUT2D eigenvalue weighted by atomic mass is 9.52. The number of hydrogen-bond acceptors (Lipinski definition) is 3. The predicted molar refractivity (Wildman–Crippen MR) is 92.0 cm³/mol. The van der Waals surface area contributed by atoms with Crippen molar-refractivity contribution in [3.8, 4) is 5.75 Å². The number of benzene rings is 1. The maximum atomic E-state index is 9.23. The van der Waals surface area contributed by atoms with Gasteiger partial charge >= 0.3 is 0 Å². The third-order valence-corrected chi connectivity index (χ3v) is 6.76. The van der Waals surface area contributed by atoms with Crippen LogP contribution in [0.4, 0.5) is 0 Å². The van der Waals surface area contributed by atoms with Crippen LogP contribution in [0.2, 0.25) is 0 Å². The van der Waals surface area contributed by atoms with Crippen molar-refractivity contribution < 1.29 is 9.84 Å². The average Bonchev–Trinajstić information content (AvgIpc) is 2.60. The van der Waals surface area contributed by atoms with E-state index in [0.717, 1.165) is 24.6 Å². The van der Waals surface area contributed by atoms with E-state index < -0.39 is 0 Å². The summed E-state index contributed by atoms with van der Waals surface area (Å²) in [4.78, 5) is 2.68. The molecule has 3 nitrogen and oxygen atoms in total. The molecule has 0 amide bonds. The Balaban J connectivity index is 1.74. The van der Waals surface area contributed by atoms with E-state index in [2.05, 4.69) is 23.1 Å². The minimum Gasteiger partial charge on any atom is -0.497 e. The van der Waals surface area contributed by atoms with Crippen LogP contribution in [-0.2, 0) is 11.8 Å². The molecule has 2 fully saturated rings. The number of aliphatic hydroxyl groups excluding tert-OH is 1. The largest absolute Gasteiger partial charge is 0.497 e. The van der Waals surface area contributed by atoms with Gasteiger partial charge in [-0.05, 0) is 67.8 Å². The summed E-state index contributed by atoms with van der Waals surface area (Å²) >= 11 is 0. The SMILES string of the molecule is COc1ccc2c(c1)C13CCCCC1C(C2)N(CCCO)CC3. The first-order valence-corrected chi connectivity index (χ1v) is 9.31. The van der Waals surface area contributed by atoms with Crippen LogP contribution in [0.15, 0.2) is 18.2 Å². The quantitative estimate of drug-likeness (QED) is 0.926. The Morgan fingerprint density at radius 3 is 3.04 bits per heavy atom. The number of nitrogens with zero attached hydrogens (tertiary/aromatic N) is 1. The average molecular weight is 315 g/mol. The Morgan fingerprint density at radius 2 is 2.22 bits per heavy atom. The lowest BCUT2D eigenvalue weighted by Gasteiger charge is -2.59. The fraction of sp³-hybridized carbons (Fsp3) is 0.700. The van der Waals surface area contributed by atoms with Gasteiger partial charge in [-0.25, -0.2) is 0 Å². The molecule has 3 aliphatic rings. The third-order valence-electron chi connectivity index (χ3n) is 6.76. The third kappa shape index (κ3) is 2.40. The highest BCUT2D eigenvalue weighted by Crippen LogP contribution is 2.56. The molecule has 3 atom stereocenters.